The molecule has 1 heterocycles. The maximum Gasteiger partial charge on any atom is 0.485 e. The number of alkyl halides is 3. The van der Waals surface area contributed by atoms with E-state index in [1.54, 1.807) is 17.8 Å². The van der Waals surface area contributed by atoms with Gasteiger partial charge in [-0.15, -0.1) is 0 Å². The van der Waals surface area contributed by atoms with Gasteiger partial charge in [-0.2, -0.15) is 17.7 Å². The lowest BCUT2D eigenvalue weighted by Gasteiger charge is -2.14. The van der Waals surface area contributed by atoms with Crippen LogP contribution in [0.4, 0.5) is 24.5 Å². The molecule has 2 rings (SSSR count). The van der Waals surface area contributed by atoms with Crippen molar-refractivity contribution in [1.29, 1.82) is 0 Å². The molecule has 1 aliphatic heterocycles. The summed E-state index contributed by atoms with van der Waals surface area (Å²) in [5.74, 6) is 0.564. The van der Waals surface area contributed by atoms with Crippen LogP contribution in [0.3, 0.4) is 0 Å². The first-order valence-electron chi connectivity index (χ1n) is 5.95. The highest BCUT2D eigenvalue weighted by molar-refractivity contribution is 8.13. The Hall–Kier alpha value is -1.86. The second-order valence-corrected chi connectivity index (χ2v) is 6.51. The van der Waals surface area contributed by atoms with E-state index in [0.29, 0.717) is 12.4 Å². The first-order valence-corrected chi connectivity index (χ1v) is 8.58. The fraction of sp³-hybridized carbons (Fsp3) is 0.364. The van der Waals surface area contributed by atoms with Gasteiger partial charge in [0.25, 0.3) is 10.7 Å². The Balaban J connectivity index is 0.000000307. The van der Waals surface area contributed by atoms with Crippen LogP contribution in [0.1, 0.15) is 0 Å². The van der Waals surface area contributed by atoms with Crippen LogP contribution < -0.4 is 4.74 Å². The van der Waals surface area contributed by atoms with Crippen LogP contribution in [0, 0.1) is 10.1 Å². The zero-order chi connectivity index (χ0) is 18.7. The van der Waals surface area contributed by atoms with Crippen LogP contribution in [-0.4, -0.2) is 52.9 Å². The number of nitrogens with zero attached hydrogens (tertiary/aromatic N) is 2. The molecule has 1 aromatic carbocycles. The van der Waals surface area contributed by atoms with Gasteiger partial charge >= 0.3 is 5.51 Å². The summed E-state index contributed by atoms with van der Waals surface area (Å²) in [7, 11) is -4.16. The van der Waals surface area contributed by atoms with Gasteiger partial charge in [-0.1, -0.05) is 11.8 Å². The molecule has 0 fully saturated rings. The second kappa shape index (κ2) is 7.36. The summed E-state index contributed by atoms with van der Waals surface area (Å²) in [5.41, 5.74) is -4.73. The van der Waals surface area contributed by atoms with E-state index in [0.717, 1.165) is 10.7 Å². The third-order valence-corrected chi connectivity index (χ3v) is 4.19. The molecule has 0 saturated heterocycles. The summed E-state index contributed by atoms with van der Waals surface area (Å²) >= 11 is 1.61. The Morgan fingerprint density at radius 2 is 1.92 bits per heavy atom. The molecular formula is C11H11F3N2O6S2. The van der Waals surface area contributed by atoms with Crippen molar-refractivity contribution in [2.45, 2.75) is 5.51 Å². The number of ether oxygens (including phenoxy) is 1. The Labute approximate surface area is 138 Å². The lowest BCUT2D eigenvalue weighted by Crippen LogP contribution is -2.22. The van der Waals surface area contributed by atoms with Crippen LogP contribution in [0.15, 0.2) is 18.2 Å². The third kappa shape index (κ3) is 4.82. The van der Waals surface area contributed by atoms with Crippen molar-refractivity contribution in [3.63, 3.8) is 0 Å². The molecule has 1 aromatic rings. The molecule has 0 unspecified atom stereocenters. The van der Waals surface area contributed by atoms with Crippen molar-refractivity contribution in [3.05, 3.63) is 28.3 Å². The minimum Gasteiger partial charge on any atom is -0.741 e. The highest BCUT2D eigenvalue weighted by atomic mass is 32.2. The summed E-state index contributed by atoms with van der Waals surface area (Å²) in [6.45, 7) is 0.464. The van der Waals surface area contributed by atoms with Crippen LogP contribution in [-0.2, 0) is 10.1 Å². The molecule has 0 atom stereocenters. The maximum absolute atomic E-state index is 10.7. The monoisotopic (exact) mass is 388 g/mol. The van der Waals surface area contributed by atoms with Gasteiger partial charge in [0.2, 0.25) is 5.69 Å². The van der Waals surface area contributed by atoms with Crippen molar-refractivity contribution >= 4 is 38.3 Å². The van der Waals surface area contributed by atoms with Gasteiger partial charge in [-0.05, 0) is 6.26 Å². The molecule has 0 aromatic heterocycles. The molecule has 0 aliphatic carbocycles. The average molecular weight is 388 g/mol. The van der Waals surface area contributed by atoms with E-state index in [1.165, 1.54) is 12.1 Å². The molecule has 0 amide bonds. The Bertz CT molecular complexity index is 776. The van der Waals surface area contributed by atoms with E-state index in [9.17, 15) is 23.3 Å². The standard InChI is InChI=1S/C10H11N2O3S.CHF3O3S/c1-11-8-4-3-7(12(13)14)5-9(8)15-6-10(11)16-2;2-1(3,4)8(5,6)7/h3-5H,6H2,1-2H3;(H,5,6,7)/q+1;/p-1. The highest BCUT2D eigenvalue weighted by Crippen LogP contribution is 2.34. The quantitative estimate of drug-likeness (QED) is 0.238. The number of benzene rings is 1. The topological polar surface area (TPSA) is 113 Å². The van der Waals surface area contributed by atoms with E-state index in [1.807, 2.05) is 17.9 Å². The molecule has 0 N–H and O–H groups in total. The van der Waals surface area contributed by atoms with Crippen molar-refractivity contribution in [2.75, 3.05) is 19.9 Å². The molecule has 1 aliphatic rings. The zero-order valence-corrected chi connectivity index (χ0v) is 13.9. The molecular weight excluding hydrogens is 377 g/mol. The van der Waals surface area contributed by atoms with Gasteiger partial charge in [-0.25, -0.2) is 8.42 Å². The fourth-order valence-electron chi connectivity index (χ4n) is 1.58. The minimum absolute atomic E-state index is 0.0553. The number of thioether (sulfide) groups is 1. The van der Waals surface area contributed by atoms with Crippen molar-refractivity contribution in [1.82, 2.24) is 0 Å². The Morgan fingerprint density at radius 1 is 1.38 bits per heavy atom. The van der Waals surface area contributed by atoms with Crippen LogP contribution >= 0.6 is 11.8 Å². The summed E-state index contributed by atoms with van der Waals surface area (Å²) in [4.78, 5) is 10.2. The van der Waals surface area contributed by atoms with Crippen molar-refractivity contribution in [2.24, 2.45) is 0 Å². The van der Waals surface area contributed by atoms with E-state index in [2.05, 4.69) is 0 Å². The lowest BCUT2D eigenvalue weighted by atomic mass is 10.2. The number of halogens is 3. The average Bonchev–Trinajstić information content (AvgIpc) is 2.46. The number of fused-ring (bicyclic) bond motifs is 1. The van der Waals surface area contributed by atoms with Crippen LogP contribution in [0.25, 0.3) is 0 Å². The van der Waals surface area contributed by atoms with Gasteiger partial charge in [0.15, 0.2) is 22.5 Å². The first kappa shape index (κ1) is 20.2. The number of nitro benzene ring substituents is 1. The van der Waals surface area contributed by atoms with E-state index >= 15 is 0 Å². The number of nitro groups is 1. The molecule has 8 nitrogen and oxygen atoms in total. The molecule has 0 radical (unpaired) electrons. The number of non-ortho nitro benzene ring substituents is 1. The van der Waals surface area contributed by atoms with Crippen LogP contribution in [0.2, 0.25) is 0 Å². The summed E-state index contributed by atoms with van der Waals surface area (Å²) in [6, 6.07) is 4.66. The molecule has 0 spiro atoms. The SMILES string of the molecule is CSC1=[N+](C)c2ccc([N+](=O)[O-])cc2OC1.O=S(=O)([O-])C(F)(F)F. The third-order valence-electron chi connectivity index (χ3n) is 2.76. The molecule has 24 heavy (non-hydrogen) atoms. The summed E-state index contributed by atoms with van der Waals surface area (Å²) in [6.07, 6.45) is 1.98. The minimum atomic E-state index is -6.09. The van der Waals surface area contributed by atoms with Gasteiger partial charge < -0.3 is 9.29 Å². The molecule has 0 saturated carbocycles. The van der Waals surface area contributed by atoms with Gasteiger partial charge in [-0.3, -0.25) is 10.1 Å². The van der Waals surface area contributed by atoms with Crippen molar-refractivity contribution in [3.8, 4) is 5.75 Å². The first-order chi connectivity index (χ1) is 10.9. The smallest absolute Gasteiger partial charge is 0.485 e. The molecule has 0 bridgehead atoms. The second-order valence-electron chi connectivity index (χ2n) is 4.25. The Morgan fingerprint density at radius 3 is 2.33 bits per heavy atom. The largest absolute Gasteiger partial charge is 0.741 e. The zero-order valence-electron chi connectivity index (χ0n) is 12.2. The number of hydrogen-bond donors (Lipinski definition) is 0. The Kier molecular flexibility index (Phi) is 6.19. The number of rotatable bonds is 1. The van der Waals surface area contributed by atoms with Gasteiger partial charge in [0, 0.05) is 12.1 Å². The normalized spacial score (nSPS) is 14.2. The predicted octanol–water partition coefficient (Wildman–Crippen LogP) is 2.07. The maximum atomic E-state index is 10.7. The van der Waals surface area contributed by atoms with Crippen molar-refractivity contribution < 1.29 is 40.4 Å². The van der Waals surface area contributed by atoms with E-state index in [4.69, 9.17) is 17.7 Å². The molecule has 134 valence electrons. The summed E-state index contributed by atoms with van der Waals surface area (Å²) < 4.78 is 66.4. The van der Waals surface area contributed by atoms with E-state index in [-0.39, 0.29) is 5.69 Å². The highest BCUT2D eigenvalue weighted by Gasteiger charge is 2.36. The summed E-state index contributed by atoms with van der Waals surface area (Å²) in [5, 5.41) is 11.7. The molecule has 13 heteroatoms. The van der Waals surface area contributed by atoms with Gasteiger partial charge in [0.05, 0.1) is 11.0 Å². The van der Waals surface area contributed by atoms with Gasteiger partial charge in [0.1, 0.15) is 7.05 Å². The van der Waals surface area contributed by atoms with E-state index < -0.39 is 20.5 Å². The fourth-order valence-corrected chi connectivity index (χ4v) is 2.12. The predicted molar refractivity (Wildman–Crippen MR) is 78.7 cm³/mol. The lowest BCUT2D eigenvalue weighted by molar-refractivity contribution is -0.408. The van der Waals surface area contributed by atoms with Crippen LogP contribution in [0.5, 0.6) is 5.75 Å². The number of hydrogen-bond acceptors (Lipinski definition) is 7.